The van der Waals surface area contributed by atoms with Crippen LogP contribution in [0.4, 0.5) is 11.4 Å². The predicted molar refractivity (Wildman–Crippen MR) is 139 cm³/mol. The van der Waals surface area contributed by atoms with Crippen molar-refractivity contribution < 1.29 is 14.3 Å². The maximum atomic E-state index is 12.8. The minimum absolute atomic E-state index is 0.0277. The van der Waals surface area contributed by atoms with Crippen molar-refractivity contribution in [2.75, 3.05) is 10.6 Å². The van der Waals surface area contributed by atoms with Crippen molar-refractivity contribution in [3.8, 4) is 5.75 Å². The van der Waals surface area contributed by atoms with Crippen molar-refractivity contribution in [1.82, 2.24) is 0 Å². The van der Waals surface area contributed by atoms with E-state index in [1.54, 1.807) is 24.3 Å². The molecule has 0 aromatic heterocycles. The number of ether oxygens (including phenoxy) is 1. The van der Waals surface area contributed by atoms with Crippen LogP contribution in [0.1, 0.15) is 61.2 Å². The molecule has 0 heterocycles. The molecule has 0 aliphatic rings. The van der Waals surface area contributed by atoms with Gasteiger partial charge in [0.05, 0.1) is 0 Å². The molecule has 34 heavy (non-hydrogen) atoms. The third kappa shape index (κ3) is 6.47. The van der Waals surface area contributed by atoms with Gasteiger partial charge in [0.25, 0.3) is 11.8 Å². The number of anilines is 2. The Bertz CT molecular complexity index is 1160. The Morgan fingerprint density at radius 1 is 0.853 bits per heavy atom. The number of carbonyl (C=O) groups is 2. The van der Waals surface area contributed by atoms with E-state index < -0.39 is 6.10 Å². The van der Waals surface area contributed by atoms with Crippen LogP contribution in [0.25, 0.3) is 0 Å². The van der Waals surface area contributed by atoms with Crippen molar-refractivity contribution >= 4 is 23.2 Å². The highest BCUT2D eigenvalue weighted by Gasteiger charge is 2.19. The van der Waals surface area contributed by atoms with Gasteiger partial charge in [-0.2, -0.15) is 0 Å². The molecule has 178 valence electrons. The third-order valence-corrected chi connectivity index (χ3v) is 5.82. The number of hydrogen-bond donors (Lipinski definition) is 2. The van der Waals surface area contributed by atoms with E-state index in [2.05, 4.69) is 31.4 Å². The van der Waals surface area contributed by atoms with E-state index in [-0.39, 0.29) is 17.2 Å². The lowest BCUT2D eigenvalue weighted by Gasteiger charge is -2.19. The van der Waals surface area contributed by atoms with Crippen molar-refractivity contribution in [1.29, 1.82) is 0 Å². The second-order valence-electron chi connectivity index (χ2n) is 9.61. The molecule has 3 aromatic carbocycles. The van der Waals surface area contributed by atoms with Gasteiger partial charge in [0.15, 0.2) is 6.10 Å². The minimum Gasteiger partial charge on any atom is -0.481 e. The first-order chi connectivity index (χ1) is 16.1. The van der Waals surface area contributed by atoms with Gasteiger partial charge in [-0.15, -0.1) is 0 Å². The van der Waals surface area contributed by atoms with Gasteiger partial charge in [-0.1, -0.05) is 52.0 Å². The molecule has 2 N–H and O–H groups in total. The van der Waals surface area contributed by atoms with Crippen LogP contribution in [0.3, 0.4) is 0 Å². The van der Waals surface area contributed by atoms with Crippen LogP contribution in [0.15, 0.2) is 66.7 Å². The van der Waals surface area contributed by atoms with Crippen LogP contribution in [0.2, 0.25) is 0 Å². The van der Waals surface area contributed by atoms with E-state index in [1.807, 2.05) is 63.2 Å². The summed E-state index contributed by atoms with van der Waals surface area (Å²) in [5.41, 5.74) is 5.26. The molecular weight excluding hydrogens is 424 g/mol. The summed E-state index contributed by atoms with van der Waals surface area (Å²) in [6, 6.07) is 20.5. The number of amides is 2. The summed E-state index contributed by atoms with van der Waals surface area (Å²) >= 11 is 0. The van der Waals surface area contributed by atoms with Crippen molar-refractivity contribution in [2.45, 2.75) is 59.5 Å². The largest absolute Gasteiger partial charge is 0.481 e. The highest BCUT2D eigenvalue weighted by molar-refractivity contribution is 6.04. The number of carbonyl (C=O) groups excluding carboxylic acids is 2. The van der Waals surface area contributed by atoms with E-state index >= 15 is 0 Å². The molecule has 0 saturated carbocycles. The second kappa shape index (κ2) is 10.6. The minimum atomic E-state index is -0.623. The van der Waals surface area contributed by atoms with Crippen molar-refractivity contribution in [3.05, 3.63) is 89.0 Å². The molecule has 3 aromatic rings. The molecule has 0 bridgehead atoms. The Labute approximate surface area is 202 Å². The van der Waals surface area contributed by atoms with Crippen LogP contribution >= 0.6 is 0 Å². The van der Waals surface area contributed by atoms with Crippen LogP contribution in [-0.4, -0.2) is 17.9 Å². The van der Waals surface area contributed by atoms with Gasteiger partial charge in [0, 0.05) is 16.9 Å². The summed E-state index contributed by atoms with van der Waals surface area (Å²) in [5.74, 6) is 0.235. The van der Waals surface area contributed by atoms with Crippen LogP contribution in [0.5, 0.6) is 5.75 Å². The molecule has 2 amide bonds. The zero-order valence-electron chi connectivity index (χ0n) is 20.9. The molecule has 0 spiro atoms. The molecule has 1 atom stereocenters. The van der Waals surface area contributed by atoms with Crippen molar-refractivity contribution in [2.24, 2.45) is 0 Å². The van der Waals surface area contributed by atoms with E-state index in [1.165, 1.54) is 11.1 Å². The quantitative estimate of drug-likeness (QED) is 0.416. The van der Waals surface area contributed by atoms with Gasteiger partial charge in [-0.05, 0) is 84.8 Å². The fourth-order valence-corrected chi connectivity index (χ4v) is 3.50. The summed E-state index contributed by atoms with van der Waals surface area (Å²) in [5, 5.41) is 5.80. The van der Waals surface area contributed by atoms with Crippen LogP contribution < -0.4 is 15.4 Å². The molecule has 5 nitrogen and oxygen atoms in total. The average Bonchev–Trinajstić information content (AvgIpc) is 2.79. The van der Waals surface area contributed by atoms with E-state index in [4.69, 9.17) is 4.74 Å². The Morgan fingerprint density at radius 3 is 2.09 bits per heavy atom. The summed E-state index contributed by atoms with van der Waals surface area (Å²) in [6.07, 6.45) is -0.0959. The summed E-state index contributed by atoms with van der Waals surface area (Å²) in [4.78, 5) is 25.5. The maximum Gasteiger partial charge on any atom is 0.265 e. The highest BCUT2D eigenvalue weighted by atomic mass is 16.5. The van der Waals surface area contributed by atoms with Gasteiger partial charge in [0.2, 0.25) is 0 Å². The first-order valence-corrected chi connectivity index (χ1v) is 11.6. The topological polar surface area (TPSA) is 67.4 Å². The number of nitrogens with one attached hydrogen (secondary N) is 2. The Balaban J connectivity index is 1.65. The fourth-order valence-electron chi connectivity index (χ4n) is 3.50. The molecule has 0 aliphatic carbocycles. The number of rotatable bonds is 7. The zero-order chi connectivity index (χ0) is 24.9. The molecule has 5 heteroatoms. The molecule has 0 fully saturated rings. The van der Waals surface area contributed by atoms with Gasteiger partial charge >= 0.3 is 0 Å². The number of hydrogen-bond acceptors (Lipinski definition) is 3. The Kier molecular flexibility index (Phi) is 7.77. The SMILES string of the molecule is CC[C@@H](Oc1ccc(C)c(C)c1)C(=O)Nc1cccc(NC(=O)c2ccc(C(C)(C)C)cc2)c1. The fraction of sp³-hybridized carbons (Fsp3) is 0.310. The molecule has 0 saturated heterocycles. The highest BCUT2D eigenvalue weighted by Crippen LogP contribution is 2.23. The monoisotopic (exact) mass is 458 g/mol. The van der Waals surface area contributed by atoms with E-state index in [0.717, 1.165) is 5.56 Å². The Morgan fingerprint density at radius 2 is 1.50 bits per heavy atom. The normalized spacial score (nSPS) is 12.1. The third-order valence-electron chi connectivity index (χ3n) is 5.82. The van der Waals surface area contributed by atoms with Crippen LogP contribution in [-0.2, 0) is 10.2 Å². The molecule has 0 aliphatic heterocycles. The summed E-state index contributed by atoms with van der Waals surface area (Å²) in [7, 11) is 0. The molecular formula is C29H34N2O3. The van der Waals surface area contributed by atoms with Crippen molar-refractivity contribution in [3.63, 3.8) is 0 Å². The van der Waals surface area contributed by atoms with E-state index in [0.29, 0.717) is 29.1 Å². The lowest BCUT2D eigenvalue weighted by molar-refractivity contribution is -0.122. The lowest BCUT2D eigenvalue weighted by atomic mass is 9.87. The van der Waals surface area contributed by atoms with Gasteiger partial charge in [-0.25, -0.2) is 0 Å². The maximum absolute atomic E-state index is 12.8. The van der Waals surface area contributed by atoms with Gasteiger partial charge in [0.1, 0.15) is 5.75 Å². The predicted octanol–water partition coefficient (Wildman–Crippen LogP) is 6.65. The zero-order valence-corrected chi connectivity index (χ0v) is 20.9. The summed E-state index contributed by atoms with van der Waals surface area (Å²) < 4.78 is 5.94. The first-order valence-electron chi connectivity index (χ1n) is 11.6. The van der Waals surface area contributed by atoms with Gasteiger partial charge in [-0.3, -0.25) is 9.59 Å². The average molecular weight is 459 g/mol. The lowest BCUT2D eigenvalue weighted by Crippen LogP contribution is -2.32. The summed E-state index contributed by atoms with van der Waals surface area (Å²) in [6.45, 7) is 12.4. The number of aryl methyl sites for hydroxylation is 2. The smallest absolute Gasteiger partial charge is 0.265 e. The van der Waals surface area contributed by atoms with E-state index in [9.17, 15) is 9.59 Å². The Hall–Kier alpha value is -3.60. The standard InChI is InChI=1S/C29H34N2O3/c1-7-26(34-25-16-11-19(2)20(3)17-25)28(33)31-24-10-8-9-23(18-24)30-27(32)21-12-14-22(15-13-21)29(4,5)6/h8-18,26H,7H2,1-6H3,(H,30,32)(H,31,33)/t26-/m1/s1. The molecule has 0 unspecified atom stereocenters. The molecule has 3 rings (SSSR count). The first kappa shape index (κ1) is 25.0. The number of benzene rings is 3. The van der Waals surface area contributed by atoms with Crippen LogP contribution in [0, 0.1) is 13.8 Å². The second-order valence-corrected chi connectivity index (χ2v) is 9.61. The van der Waals surface area contributed by atoms with Gasteiger partial charge < -0.3 is 15.4 Å². The molecule has 0 radical (unpaired) electrons.